The van der Waals surface area contributed by atoms with E-state index in [1.807, 2.05) is 12.1 Å². The number of rotatable bonds is 1. The van der Waals surface area contributed by atoms with Crippen molar-refractivity contribution >= 4 is 24.0 Å². The van der Waals surface area contributed by atoms with Gasteiger partial charge in [0.15, 0.2) is 0 Å². The van der Waals surface area contributed by atoms with Crippen LogP contribution in [-0.2, 0) is 0 Å². The van der Waals surface area contributed by atoms with E-state index in [2.05, 4.69) is 18.3 Å². The molecular formula is C10H13Cl2N. The van der Waals surface area contributed by atoms with E-state index in [0.29, 0.717) is 6.04 Å². The minimum Gasteiger partial charge on any atom is -0.310 e. The molecule has 1 aliphatic heterocycles. The Balaban J connectivity index is 0.000000845. The van der Waals surface area contributed by atoms with Crippen LogP contribution in [-0.4, -0.2) is 6.54 Å². The SMILES string of the molecule is Cc1cccc(Cl)c1[C@H]1CCN1.Cl. The molecule has 0 bridgehead atoms. The molecule has 1 aliphatic rings. The maximum atomic E-state index is 6.10. The molecule has 1 nitrogen and oxygen atoms in total. The Morgan fingerprint density at radius 2 is 2.15 bits per heavy atom. The second kappa shape index (κ2) is 4.32. The van der Waals surface area contributed by atoms with Crippen LogP contribution in [0.5, 0.6) is 0 Å². The summed E-state index contributed by atoms with van der Waals surface area (Å²) in [5.41, 5.74) is 2.57. The summed E-state index contributed by atoms with van der Waals surface area (Å²) in [5.74, 6) is 0. The molecule has 3 heteroatoms. The predicted molar refractivity (Wildman–Crippen MR) is 58.8 cm³/mol. The maximum Gasteiger partial charge on any atom is 0.0456 e. The van der Waals surface area contributed by atoms with E-state index in [0.717, 1.165) is 11.6 Å². The number of benzene rings is 1. The molecule has 1 atom stereocenters. The van der Waals surface area contributed by atoms with E-state index in [1.165, 1.54) is 17.5 Å². The molecule has 72 valence electrons. The van der Waals surface area contributed by atoms with Gasteiger partial charge in [0.1, 0.15) is 0 Å². The van der Waals surface area contributed by atoms with Gasteiger partial charge in [-0.3, -0.25) is 0 Å². The van der Waals surface area contributed by atoms with Gasteiger partial charge in [-0.05, 0) is 37.1 Å². The highest BCUT2D eigenvalue weighted by atomic mass is 35.5. The lowest BCUT2D eigenvalue weighted by molar-refractivity contribution is 0.382. The molecule has 1 heterocycles. The predicted octanol–water partition coefficient (Wildman–Crippen LogP) is 3.10. The normalized spacial score (nSPS) is 20.3. The standard InChI is InChI=1S/C10H12ClN.ClH/c1-7-3-2-4-8(11)10(7)9-5-6-12-9;/h2-4,9,12H,5-6H2,1H3;1H/t9-;/m1./s1. The molecule has 1 fully saturated rings. The summed E-state index contributed by atoms with van der Waals surface area (Å²) in [6, 6.07) is 6.57. The molecule has 1 saturated heterocycles. The lowest BCUT2D eigenvalue weighted by Gasteiger charge is -2.30. The first-order valence-electron chi connectivity index (χ1n) is 4.27. The molecule has 2 rings (SSSR count). The van der Waals surface area contributed by atoms with Crippen molar-refractivity contribution in [3.8, 4) is 0 Å². The first-order valence-corrected chi connectivity index (χ1v) is 4.65. The maximum absolute atomic E-state index is 6.10. The first-order chi connectivity index (χ1) is 5.79. The molecule has 13 heavy (non-hydrogen) atoms. The highest BCUT2D eigenvalue weighted by Crippen LogP contribution is 2.31. The van der Waals surface area contributed by atoms with Gasteiger partial charge in [-0.2, -0.15) is 0 Å². The smallest absolute Gasteiger partial charge is 0.0456 e. The second-order valence-corrected chi connectivity index (χ2v) is 3.67. The van der Waals surface area contributed by atoms with E-state index in [1.54, 1.807) is 0 Å². The summed E-state index contributed by atoms with van der Waals surface area (Å²) in [4.78, 5) is 0. The fourth-order valence-corrected chi connectivity index (χ4v) is 1.97. The molecule has 1 aromatic carbocycles. The third kappa shape index (κ3) is 1.98. The van der Waals surface area contributed by atoms with E-state index in [4.69, 9.17) is 11.6 Å². The largest absolute Gasteiger partial charge is 0.310 e. The molecule has 0 saturated carbocycles. The van der Waals surface area contributed by atoms with Crippen LogP contribution in [0.1, 0.15) is 23.6 Å². The van der Waals surface area contributed by atoms with E-state index in [-0.39, 0.29) is 12.4 Å². The van der Waals surface area contributed by atoms with Crippen molar-refractivity contribution in [2.75, 3.05) is 6.54 Å². The third-order valence-corrected chi connectivity index (χ3v) is 2.77. The monoisotopic (exact) mass is 217 g/mol. The molecule has 0 unspecified atom stereocenters. The Morgan fingerprint density at radius 3 is 2.62 bits per heavy atom. The molecule has 0 aliphatic carbocycles. The van der Waals surface area contributed by atoms with Crippen LogP contribution in [0.3, 0.4) is 0 Å². The summed E-state index contributed by atoms with van der Waals surface area (Å²) < 4.78 is 0. The van der Waals surface area contributed by atoms with Gasteiger partial charge < -0.3 is 5.32 Å². The number of aryl methyl sites for hydroxylation is 1. The molecular weight excluding hydrogens is 205 g/mol. The van der Waals surface area contributed by atoms with Crippen molar-refractivity contribution in [2.24, 2.45) is 0 Å². The zero-order valence-electron chi connectivity index (χ0n) is 7.51. The number of hydrogen-bond acceptors (Lipinski definition) is 1. The van der Waals surface area contributed by atoms with Gasteiger partial charge in [-0.25, -0.2) is 0 Å². The van der Waals surface area contributed by atoms with Gasteiger partial charge in [-0.15, -0.1) is 12.4 Å². The Labute approximate surface area is 89.9 Å². The Bertz CT molecular complexity index is 275. The molecule has 0 amide bonds. The van der Waals surface area contributed by atoms with Crippen LogP contribution in [0.15, 0.2) is 18.2 Å². The molecule has 0 spiro atoms. The van der Waals surface area contributed by atoms with Gasteiger partial charge in [0, 0.05) is 11.1 Å². The van der Waals surface area contributed by atoms with Crippen LogP contribution in [0, 0.1) is 6.92 Å². The highest BCUT2D eigenvalue weighted by molar-refractivity contribution is 6.31. The van der Waals surface area contributed by atoms with Crippen LogP contribution in [0.4, 0.5) is 0 Å². The minimum atomic E-state index is 0. The van der Waals surface area contributed by atoms with Crippen molar-refractivity contribution in [3.63, 3.8) is 0 Å². The highest BCUT2D eigenvalue weighted by Gasteiger charge is 2.21. The molecule has 1 aromatic rings. The quantitative estimate of drug-likeness (QED) is 0.763. The van der Waals surface area contributed by atoms with Gasteiger partial charge in [-0.1, -0.05) is 23.7 Å². The van der Waals surface area contributed by atoms with Crippen LogP contribution in [0.25, 0.3) is 0 Å². The average molecular weight is 218 g/mol. The van der Waals surface area contributed by atoms with E-state index >= 15 is 0 Å². The fraction of sp³-hybridized carbons (Fsp3) is 0.400. The third-order valence-electron chi connectivity index (χ3n) is 2.44. The van der Waals surface area contributed by atoms with Crippen LogP contribution < -0.4 is 5.32 Å². The summed E-state index contributed by atoms with van der Waals surface area (Å²) in [7, 11) is 0. The van der Waals surface area contributed by atoms with Gasteiger partial charge in [0.05, 0.1) is 0 Å². The summed E-state index contributed by atoms with van der Waals surface area (Å²) in [6.45, 7) is 3.23. The Kier molecular flexibility index (Phi) is 3.60. The van der Waals surface area contributed by atoms with E-state index < -0.39 is 0 Å². The van der Waals surface area contributed by atoms with Crippen molar-refractivity contribution in [3.05, 3.63) is 34.3 Å². The van der Waals surface area contributed by atoms with Crippen molar-refractivity contribution in [1.82, 2.24) is 5.32 Å². The fourth-order valence-electron chi connectivity index (χ4n) is 1.62. The zero-order valence-corrected chi connectivity index (χ0v) is 9.08. The second-order valence-electron chi connectivity index (χ2n) is 3.27. The van der Waals surface area contributed by atoms with Crippen molar-refractivity contribution in [1.29, 1.82) is 0 Å². The van der Waals surface area contributed by atoms with Crippen LogP contribution in [0.2, 0.25) is 5.02 Å². The minimum absolute atomic E-state index is 0. The van der Waals surface area contributed by atoms with Gasteiger partial charge in [0.2, 0.25) is 0 Å². The molecule has 1 N–H and O–H groups in total. The lowest BCUT2D eigenvalue weighted by atomic mass is 9.94. The van der Waals surface area contributed by atoms with Gasteiger partial charge in [0.25, 0.3) is 0 Å². The average Bonchev–Trinajstić information content (AvgIpc) is 1.93. The topological polar surface area (TPSA) is 12.0 Å². The summed E-state index contributed by atoms with van der Waals surface area (Å²) in [6.07, 6.45) is 1.21. The van der Waals surface area contributed by atoms with Crippen molar-refractivity contribution in [2.45, 2.75) is 19.4 Å². The molecule has 0 radical (unpaired) electrons. The van der Waals surface area contributed by atoms with Crippen LogP contribution >= 0.6 is 24.0 Å². The number of nitrogens with one attached hydrogen (secondary N) is 1. The summed E-state index contributed by atoms with van der Waals surface area (Å²) >= 11 is 6.10. The number of hydrogen-bond donors (Lipinski definition) is 1. The van der Waals surface area contributed by atoms with E-state index in [9.17, 15) is 0 Å². The Morgan fingerprint density at radius 1 is 1.46 bits per heavy atom. The zero-order chi connectivity index (χ0) is 8.55. The van der Waals surface area contributed by atoms with Gasteiger partial charge >= 0.3 is 0 Å². The summed E-state index contributed by atoms with van der Waals surface area (Å²) in [5, 5.41) is 4.25. The van der Waals surface area contributed by atoms with Crippen molar-refractivity contribution < 1.29 is 0 Å². The number of halogens is 2. The first kappa shape index (κ1) is 10.8. The Hall–Kier alpha value is -0.240. The molecule has 0 aromatic heterocycles. The lowest BCUT2D eigenvalue weighted by Crippen LogP contribution is -2.35.